The molecule has 7 nitrogen and oxygen atoms in total. The molecular weight excluding hydrogens is 226 g/mol. The lowest BCUT2D eigenvalue weighted by molar-refractivity contribution is -0.0546. The predicted octanol–water partition coefficient (Wildman–Crippen LogP) is -0.880. The highest BCUT2D eigenvalue weighted by molar-refractivity contribution is 5.23. The molecule has 3 N–H and O–H groups in total. The van der Waals surface area contributed by atoms with Gasteiger partial charge in [-0.05, 0) is 6.07 Å². The average molecular weight is 241 g/mol. The Bertz CT molecular complexity index is 447. The first kappa shape index (κ1) is 12.0. The second-order valence-electron chi connectivity index (χ2n) is 3.93. The molecule has 0 bridgehead atoms. The van der Waals surface area contributed by atoms with E-state index in [1.807, 2.05) is 0 Å². The van der Waals surface area contributed by atoms with E-state index in [0.717, 1.165) is 0 Å². The molecule has 1 fully saturated rings. The van der Waals surface area contributed by atoms with Crippen LogP contribution < -0.4 is 11.4 Å². The lowest BCUT2D eigenvalue weighted by atomic mass is 10.2. The summed E-state index contributed by atoms with van der Waals surface area (Å²) in [5.41, 5.74) is 4.91. The van der Waals surface area contributed by atoms with Crippen LogP contribution in [-0.2, 0) is 9.47 Å². The van der Waals surface area contributed by atoms with Gasteiger partial charge in [-0.1, -0.05) is 0 Å². The maximum absolute atomic E-state index is 11.6. The lowest BCUT2D eigenvalue weighted by Crippen LogP contribution is -2.28. The Morgan fingerprint density at radius 3 is 3.18 bits per heavy atom. The fourth-order valence-electron chi connectivity index (χ4n) is 1.85. The maximum atomic E-state index is 11.6. The number of aliphatic hydroxyl groups excluding tert-OH is 1. The molecule has 1 aromatic heterocycles. The van der Waals surface area contributed by atoms with Crippen LogP contribution in [0.4, 0.5) is 5.82 Å². The van der Waals surface area contributed by atoms with Gasteiger partial charge in [0.2, 0.25) is 0 Å². The van der Waals surface area contributed by atoms with Gasteiger partial charge in [0.15, 0.2) is 0 Å². The van der Waals surface area contributed by atoms with E-state index in [9.17, 15) is 9.90 Å². The van der Waals surface area contributed by atoms with E-state index < -0.39 is 24.1 Å². The number of ether oxygens (including phenoxy) is 2. The van der Waals surface area contributed by atoms with Crippen LogP contribution in [-0.4, -0.2) is 40.6 Å². The van der Waals surface area contributed by atoms with Gasteiger partial charge in [-0.15, -0.1) is 0 Å². The van der Waals surface area contributed by atoms with Crippen LogP contribution >= 0.6 is 0 Å². The summed E-state index contributed by atoms with van der Waals surface area (Å²) in [7, 11) is 1.53. The standard InChI is InChI=1S/C10H15N3O4/c1-16-5-7-6(14)4-9(17-7)13-3-2-8(11)12-10(13)15/h2-3,6-7,9,14H,4-5H2,1H3,(H2,11,12,15)/t6-,7-,9-/m1/s1. The highest BCUT2D eigenvalue weighted by Gasteiger charge is 2.35. The predicted molar refractivity (Wildman–Crippen MR) is 59.3 cm³/mol. The molecule has 0 spiro atoms. The van der Waals surface area contributed by atoms with Crippen LogP contribution in [0.15, 0.2) is 17.1 Å². The molecule has 0 aliphatic carbocycles. The number of aliphatic hydroxyl groups is 1. The van der Waals surface area contributed by atoms with Crippen molar-refractivity contribution in [2.24, 2.45) is 0 Å². The van der Waals surface area contributed by atoms with Gasteiger partial charge >= 0.3 is 5.69 Å². The van der Waals surface area contributed by atoms with Crippen molar-refractivity contribution in [3.05, 3.63) is 22.7 Å². The topological polar surface area (TPSA) is 99.6 Å². The van der Waals surface area contributed by atoms with E-state index in [-0.39, 0.29) is 12.4 Å². The first-order valence-corrected chi connectivity index (χ1v) is 5.29. The van der Waals surface area contributed by atoms with Gasteiger partial charge in [-0.2, -0.15) is 4.98 Å². The minimum atomic E-state index is -0.649. The smallest absolute Gasteiger partial charge is 0.351 e. The number of aromatic nitrogens is 2. The Morgan fingerprint density at radius 1 is 1.76 bits per heavy atom. The Kier molecular flexibility index (Phi) is 3.41. The van der Waals surface area contributed by atoms with Gasteiger partial charge in [-0.25, -0.2) is 4.79 Å². The highest BCUT2D eigenvalue weighted by atomic mass is 16.6. The minimum Gasteiger partial charge on any atom is -0.390 e. The highest BCUT2D eigenvalue weighted by Crippen LogP contribution is 2.27. The molecular formula is C10H15N3O4. The Hall–Kier alpha value is -1.44. The number of nitrogens with two attached hydrogens (primary N) is 1. The third-order valence-electron chi connectivity index (χ3n) is 2.70. The van der Waals surface area contributed by atoms with E-state index in [2.05, 4.69) is 4.98 Å². The van der Waals surface area contributed by atoms with Gasteiger partial charge in [-0.3, -0.25) is 4.57 Å². The number of hydrogen-bond acceptors (Lipinski definition) is 6. The van der Waals surface area contributed by atoms with Crippen LogP contribution in [0.5, 0.6) is 0 Å². The quantitative estimate of drug-likeness (QED) is 0.713. The molecule has 17 heavy (non-hydrogen) atoms. The fraction of sp³-hybridized carbons (Fsp3) is 0.600. The molecule has 0 saturated carbocycles. The van der Waals surface area contributed by atoms with Crippen LogP contribution in [0, 0.1) is 0 Å². The first-order chi connectivity index (χ1) is 8.11. The molecule has 3 atom stereocenters. The molecule has 0 amide bonds. The third kappa shape index (κ3) is 2.46. The fourth-order valence-corrected chi connectivity index (χ4v) is 1.85. The van der Waals surface area contributed by atoms with E-state index in [1.165, 1.54) is 23.9 Å². The number of methoxy groups -OCH3 is 1. The van der Waals surface area contributed by atoms with Gasteiger partial charge in [0, 0.05) is 19.7 Å². The van der Waals surface area contributed by atoms with Crippen molar-refractivity contribution in [1.82, 2.24) is 9.55 Å². The SMILES string of the molecule is COC[C@H]1O[C@@H](n2ccc(N)nc2=O)C[C@H]1O. The van der Waals surface area contributed by atoms with Crippen LogP contribution in [0.1, 0.15) is 12.6 Å². The Morgan fingerprint density at radius 2 is 2.53 bits per heavy atom. The van der Waals surface area contributed by atoms with Crippen LogP contribution in [0.2, 0.25) is 0 Å². The second-order valence-corrected chi connectivity index (χ2v) is 3.93. The molecule has 1 aliphatic rings. The van der Waals surface area contributed by atoms with Crippen molar-refractivity contribution in [3.8, 4) is 0 Å². The summed E-state index contributed by atoms with van der Waals surface area (Å²) in [5, 5.41) is 9.73. The van der Waals surface area contributed by atoms with Gasteiger partial charge in [0.25, 0.3) is 0 Å². The summed E-state index contributed by atoms with van der Waals surface area (Å²) in [4.78, 5) is 15.2. The number of hydrogen-bond donors (Lipinski definition) is 2. The van der Waals surface area contributed by atoms with E-state index in [1.54, 1.807) is 0 Å². The third-order valence-corrected chi connectivity index (χ3v) is 2.70. The van der Waals surface area contributed by atoms with Gasteiger partial charge in [0.05, 0.1) is 12.7 Å². The summed E-state index contributed by atoms with van der Waals surface area (Å²) < 4.78 is 11.8. The molecule has 94 valence electrons. The van der Waals surface area contributed by atoms with Crippen molar-refractivity contribution in [1.29, 1.82) is 0 Å². The Balaban J connectivity index is 2.17. The van der Waals surface area contributed by atoms with Crippen molar-refractivity contribution >= 4 is 5.82 Å². The molecule has 1 aliphatic heterocycles. The monoisotopic (exact) mass is 241 g/mol. The molecule has 1 saturated heterocycles. The van der Waals surface area contributed by atoms with Gasteiger partial charge in [0.1, 0.15) is 18.1 Å². The van der Waals surface area contributed by atoms with Crippen LogP contribution in [0.3, 0.4) is 0 Å². The molecule has 1 aromatic rings. The molecule has 0 unspecified atom stereocenters. The number of nitrogens with zero attached hydrogens (tertiary/aromatic N) is 2. The summed E-state index contributed by atoms with van der Waals surface area (Å²) >= 11 is 0. The normalized spacial score (nSPS) is 28.5. The average Bonchev–Trinajstić information content (AvgIpc) is 2.60. The lowest BCUT2D eigenvalue weighted by Gasteiger charge is -2.15. The van der Waals surface area contributed by atoms with Crippen molar-refractivity contribution in [2.45, 2.75) is 24.9 Å². The molecule has 2 rings (SSSR count). The van der Waals surface area contributed by atoms with E-state index in [0.29, 0.717) is 6.42 Å². The molecule has 0 radical (unpaired) electrons. The number of nitrogen functional groups attached to an aromatic ring is 1. The summed E-state index contributed by atoms with van der Waals surface area (Å²) in [6.45, 7) is 0.287. The van der Waals surface area contributed by atoms with Crippen molar-refractivity contribution < 1.29 is 14.6 Å². The number of rotatable bonds is 3. The maximum Gasteiger partial charge on any atom is 0.351 e. The first-order valence-electron chi connectivity index (χ1n) is 5.29. The zero-order chi connectivity index (χ0) is 12.4. The molecule has 2 heterocycles. The molecule has 0 aromatic carbocycles. The largest absolute Gasteiger partial charge is 0.390 e. The second kappa shape index (κ2) is 4.82. The van der Waals surface area contributed by atoms with Crippen molar-refractivity contribution in [2.75, 3.05) is 19.5 Å². The summed E-state index contributed by atoms with van der Waals surface area (Å²) in [5.74, 6) is 0.165. The van der Waals surface area contributed by atoms with E-state index >= 15 is 0 Å². The summed E-state index contributed by atoms with van der Waals surface area (Å²) in [6, 6.07) is 1.51. The van der Waals surface area contributed by atoms with Crippen LogP contribution in [0.25, 0.3) is 0 Å². The Labute approximate surface area is 97.8 Å². The minimum absolute atomic E-state index is 0.165. The summed E-state index contributed by atoms with van der Waals surface area (Å²) in [6.07, 6.45) is 0.251. The zero-order valence-electron chi connectivity index (χ0n) is 9.44. The molecule has 7 heteroatoms. The van der Waals surface area contributed by atoms with Crippen molar-refractivity contribution in [3.63, 3.8) is 0 Å². The van der Waals surface area contributed by atoms with Gasteiger partial charge < -0.3 is 20.3 Å². The number of anilines is 1. The van der Waals surface area contributed by atoms with E-state index in [4.69, 9.17) is 15.2 Å². The zero-order valence-corrected chi connectivity index (χ0v) is 9.44.